The number of para-hydroxylation sites is 1. The Bertz CT molecular complexity index is 1580. The van der Waals surface area contributed by atoms with Crippen LogP contribution in [0.25, 0.3) is 33.8 Å². The van der Waals surface area contributed by atoms with E-state index in [0.717, 1.165) is 10.9 Å². The average Bonchev–Trinajstić information content (AvgIpc) is 3.51. The molecule has 14 heteroatoms. The third-order valence-electron chi connectivity index (χ3n) is 7.32. The first kappa shape index (κ1) is 30.9. The van der Waals surface area contributed by atoms with Crippen molar-refractivity contribution in [3.8, 4) is 39.6 Å². The lowest BCUT2D eigenvalue weighted by molar-refractivity contribution is -0.144. The maximum absolute atomic E-state index is 14.7. The highest BCUT2D eigenvalue weighted by Crippen LogP contribution is 2.46. The molecule has 1 N–H and O–H groups in total. The van der Waals surface area contributed by atoms with Crippen LogP contribution in [0.4, 0.5) is 13.2 Å². The number of aromatic carboxylic acids is 1. The number of benzene rings is 1. The molecule has 0 radical (unpaired) electrons. The number of carboxylic acid groups (broad SMARTS) is 1. The summed E-state index contributed by atoms with van der Waals surface area (Å²) in [5, 5.41) is 17.7. The van der Waals surface area contributed by atoms with E-state index in [-0.39, 0.29) is 56.7 Å². The molecule has 3 heterocycles. The van der Waals surface area contributed by atoms with Crippen molar-refractivity contribution in [3.63, 3.8) is 0 Å². The summed E-state index contributed by atoms with van der Waals surface area (Å²) in [7, 11) is -0.983. The number of hydrogen-bond donors (Lipinski definition) is 1. The Morgan fingerprint density at radius 1 is 1.17 bits per heavy atom. The van der Waals surface area contributed by atoms with Gasteiger partial charge in [0, 0.05) is 11.8 Å². The van der Waals surface area contributed by atoms with Crippen molar-refractivity contribution in [3.05, 3.63) is 54.2 Å². The minimum Gasteiger partial charge on any atom is -0.495 e. The van der Waals surface area contributed by atoms with Crippen molar-refractivity contribution < 1.29 is 36.8 Å². The number of rotatable bonds is 9. The first-order chi connectivity index (χ1) is 19.6. The van der Waals surface area contributed by atoms with Crippen LogP contribution < -0.4 is 4.74 Å². The summed E-state index contributed by atoms with van der Waals surface area (Å²) >= 11 is 0. The minimum atomic E-state index is -4.82. The van der Waals surface area contributed by atoms with Gasteiger partial charge in [-0.3, -0.25) is 4.68 Å². The third-order valence-corrected chi connectivity index (χ3v) is 11.9. The topological polar surface area (TPSA) is 125 Å². The number of carbonyl (C=O) groups is 1. The van der Waals surface area contributed by atoms with Crippen molar-refractivity contribution in [2.45, 2.75) is 64.7 Å². The molecule has 0 bridgehead atoms. The van der Waals surface area contributed by atoms with E-state index in [4.69, 9.17) is 13.7 Å². The fraction of sp³-hybridized carbons (Fsp3) is 0.393. The highest BCUT2D eigenvalue weighted by Gasteiger charge is 2.43. The van der Waals surface area contributed by atoms with Crippen LogP contribution in [0.15, 0.2) is 47.5 Å². The standard InChI is InChI=1S/C28H32F3N5O5Si/c1-16(41-42(6,7)27(2,3)4)14-36-25(28(29,30)31)19(13-34-36)24-21(20-11-12-32-15-33-20)22(35-40-24)17-9-8-10-18(26(37)38)23(17)39-5/h8-13,15-16H,14H2,1-7H3,(H,37,38). The van der Waals surface area contributed by atoms with Gasteiger partial charge in [0.05, 0.1) is 42.8 Å². The fourth-order valence-corrected chi connectivity index (χ4v) is 5.83. The second-order valence-corrected chi connectivity index (χ2v) is 16.1. The molecule has 1 aromatic carbocycles. The van der Waals surface area contributed by atoms with Gasteiger partial charge in [-0.05, 0) is 43.3 Å². The smallest absolute Gasteiger partial charge is 0.433 e. The van der Waals surface area contributed by atoms with Crippen LogP contribution in [0, 0.1) is 0 Å². The quantitative estimate of drug-likeness (QED) is 0.206. The molecule has 3 aromatic heterocycles. The predicted molar refractivity (Wildman–Crippen MR) is 150 cm³/mol. The van der Waals surface area contributed by atoms with Crippen LogP contribution in [0.1, 0.15) is 43.7 Å². The van der Waals surface area contributed by atoms with Gasteiger partial charge in [-0.25, -0.2) is 14.8 Å². The lowest BCUT2D eigenvalue weighted by Gasteiger charge is -2.38. The van der Waals surface area contributed by atoms with Gasteiger partial charge in [-0.1, -0.05) is 32.0 Å². The number of hydrogen-bond acceptors (Lipinski definition) is 8. The van der Waals surface area contributed by atoms with Crippen LogP contribution >= 0.6 is 0 Å². The second-order valence-electron chi connectivity index (χ2n) is 11.3. The molecule has 1 unspecified atom stereocenters. The van der Waals surface area contributed by atoms with E-state index in [1.165, 1.54) is 43.9 Å². The van der Waals surface area contributed by atoms with Crippen LogP contribution in [0.2, 0.25) is 18.1 Å². The number of halogens is 3. The molecule has 4 aromatic rings. The molecule has 10 nitrogen and oxygen atoms in total. The van der Waals surface area contributed by atoms with Crippen LogP contribution in [0.3, 0.4) is 0 Å². The summed E-state index contributed by atoms with van der Waals surface area (Å²) in [6, 6.07) is 5.84. The maximum atomic E-state index is 14.7. The zero-order valence-corrected chi connectivity index (χ0v) is 25.3. The largest absolute Gasteiger partial charge is 0.495 e. The average molecular weight is 604 g/mol. The predicted octanol–water partition coefficient (Wildman–Crippen LogP) is 6.80. The van der Waals surface area contributed by atoms with Gasteiger partial charge in [0.2, 0.25) is 0 Å². The SMILES string of the molecule is COc1c(C(=O)O)cccc1-c1noc(-c2cnn(CC(C)O[Si](C)(C)C(C)(C)C)c2C(F)(F)F)c1-c1ccncn1. The van der Waals surface area contributed by atoms with Crippen LogP contribution in [-0.2, 0) is 17.1 Å². The van der Waals surface area contributed by atoms with Gasteiger partial charge in [0.1, 0.15) is 23.3 Å². The lowest BCUT2D eigenvalue weighted by Crippen LogP contribution is -2.44. The minimum absolute atomic E-state index is 0.0384. The van der Waals surface area contributed by atoms with Crippen molar-refractivity contribution in [1.82, 2.24) is 24.9 Å². The first-order valence-corrected chi connectivity index (χ1v) is 16.0. The highest BCUT2D eigenvalue weighted by atomic mass is 28.4. The van der Waals surface area contributed by atoms with Crippen LogP contribution in [-0.4, -0.2) is 57.5 Å². The van der Waals surface area contributed by atoms with E-state index in [2.05, 4.69) is 41.0 Å². The lowest BCUT2D eigenvalue weighted by atomic mass is 9.97. The third kappa shape index (κ3) is 5.95. The molecule has 0 fully saturated rings. The summed E-state index contributed by atoms with van der Waals surface area (Å²) in [5.41, 5.74) is -1.03. The molecule has 0 aliphatic rings. The van der Waals surface area contributed by atoms with Gasteiger partial charge in [0.25, 0.3) is 0 Å². The molecule has 1 atom stereocenters. The normalized spacial score (nSPS) is 13.3. The van der Waals surface area contributed by atoms with Gasteiger partial charge in [-0.2, -0.15) is 18.3 Å². The Labute approximate surface area is 241 Å². The number of carboxylic acids is 1. The molecular weight excluding hydrogens is 571 g/mol. The molecule has 0 amide bonds. The highest BCUT2D eigenvalue weighted by molar-refractivity contribution is 6.74. The molecule has 0 saturated heterocycles. The first-order valence-electron chi connectivity index (χ1n) is 13.0. The Hall–Kier alpha value is -4.04. The summed E-state index contributed by atoms with van der Waals surface area (Å²) in [6.07, 6.45) is -1.66. The Kier molecular flexibility index (Phi) is 8.33. The zero-order valence-electron chi connectivity index (χ0n) is 24.3. The summed E-state index contributed by atoms with van der Waals surface area (Å²) in [6.45, 7) is 11.8. The molecule has 0 aliphatic heterocycles. The Balaban J connectivity index is 1.90. The number of alkyl halides is 3. The van der Waals surface area contributed by atoms with Crippen molar-refractivity contribution in [1.29, 1.82) is 0 Å². The molecule has 4 rings (SSSR count). The summed E-state index contributed by atoms with van der Waals surface area (Å²) in [5.74, 6) is -1.54. The van der Waals surface area contributed by atoms with Gasteiger partial charge in [0.15, 0.2) is 19.8 Å². The van der Waals surface area contributed by atoms with Gasteiger partial charge >= 0.3 is 12.1 Å². The van der Waals surface area contributed by atoms with Crippen molar-refractivity contribution in [2.24, 2.45) is 0 Å². The number of ether oxygens (including phenoxy) is 1. The second kappa shape index (κ2) is 11.3. The van der Waals surface area contributed by atoms with Crippen molar-refractivity contribution in [2.75, 3.05) is 7.11 Å². The molecule has 0 saturated carbocycles. The van der Waals surface area contributed by atoms with E-state index in [9.17, 15) is 23.1 Å². The monoisotopic (exact) mass is 603 g/mol. The van der Waals surface area contributed by atoms with E-state index in [1.54, 1.807) is 6.92 Å². The van der Waals surface area contributed by atoms with Gasteiger partial charge in [-0.15, -0.1) is 0 Å². The van der Waals surface area contributed by atoms with E-state index in [0.29, 0.717) is 0 Å². The van der Waals surface area contributed by atoms with Gasteiger partial charge < -0.3 is 18.8 Å². The summed E-state index contributed by atoms with van der Waals surface area (Å²) in [4.78, 5) is 20.0. The van der Waals surface area contributed by atoms with Crippen LogP contribution in [0.5, 0.6) is 5.75 Å². The number of aromatic nitrogens is 5. The Morgan fingerprint density at radius 3 is 2.45 bits per heavy atom. The molecule has 224 valence electrons. The summed E-state index contributed by atoms with van der Waals surface area (Å²) < 4.78 is 62.1. The van der Waals surface area contributed by atoms with Crippen molar-refractivity contribution >= 4 is 14.3 Å². The molecule has 0 spiro atoms. The van der Waals surface area contributed by atoms with E-state index in [1.807, 2.05) is 13.1 Å². The fourth-order valence-electron chi connectivity index (χ4n) is 4.40. The zero-order chi connectivity index (χ0) is 31.0. The molecule has 0 aliphatic carbocycles. The maximum Gasteiger partial charge on any atom is 0.433 e. The molecular formula is C28H32F3N5O5Si. The van der Waals surface area contributed by atoms with E-state index < -0.39 is 32.3 Å². The number of methoxy groups -OCH3 is 1. The number of nitrogens with zero attached hydrogens (tertiary/aromatic N) is 5. The Morgan fingerprint density at radius 2 is 1.88 bits per heavy atom. The van der Waals surface area contributed by atoms with E-state index >= 15 is 0 Å². The molecule has 42 heavy (non-hydrogen) atoms.